The third-order valence-electron chi connectivity index (χ3n) is 4.21. The Bertz CT molecular complexity index is 984. The molecule has 0 aromatic heterocycles. The number of rotatable bonds is 10. The summed E-state index contributed by atoms with van der Waals surface area (Å²) >= 11 is 0. The first kappa shape index (κ1) is 24.3. The van der Waals surface area contributed by atoms with Gasteiger partial charge in [-0.1, -0.05) is 0 Å². The fraction of sp³-hybridized carbons (Fsp3) is 0.261. The zero-order valence-electron chi connectivity index (χ0n) is 17.9. The predicted octanol–water partition coefficient (Wildman–Crippen LogP) is 3.14. The molecule has 0 unspecified atom stereocenters. The summed E-state index contributed by atoms with van der Waals surface area (Å²) in [5.41, 5.74) is 2.20. The lowest BCUT2D eigenvalue weighted by molar-refractivity contribution is -0.147. The molecule has 2 rings (SSSR count). The zero-order valence-corrected chi connectivity index (χ0v) is 17.9. The zero-order chi connectivity index (χ0) is 23.5. The van der Waals surface area contributed by atoms with Crippen molar-refractivity contribution in [2.24, 2.45) is 0 Å². The minimum absolute atomic E-state index is 0.00458. The monoisotopic (exact) mass is 439 g/mol. The first-order valence-corrected chi connectivity index (χ1v) is 9.97. The van der Waals surface area contributed by atoms with Gasteiger partial charge in [0.25, 0.3) is 5.91 Å². The number of Topliss-reactive ketones (excluding diaryl/α,β-unsaturated/α-hetero) is 1. The molecular formula is C23H25N3O6. The molecule has 0 fully saturated rings. The summed E-state index contributed by atoms with van der Waals surface area (Å²) in [6.07, 6.45) is 0.369. The maximum absolute atomic E-state index is 11.9. The van der Waals surface area contributed by atoms with Crippen LogP contribution in [0.25, 0.3) is 0 Å². The number of nitrogens with one attached hydrogen (secondary N) is 3. The molecule has 0 aliphatic heterocycles. The summed E-state index contributed by atoms with van der Waals surface area (Å²) in [6, 6.07) is 13.0. The minimum Gasteiger partial charge on any atom is -0.456 e. The number of carbonyl (C=O) groups excluding carboxylic acids is 5. The van der Waals surface area contributed by atoms with Gasteiger partial charge < -0.3 is 20.7 Å². The van der Waals surface area contributed by atoms with Crippen LogP contribution in [0.15, 0.2) is 48.5 Å². The van der Waals surface area contributed by atoms with Gasteiger partial charge in [0.15, 0.2) is 12.4 Å². The molecule has 9 heteroatoms. The first-order chi connectivity index (χ1) is 15.2. The van der Waals surface area contributed by atoms with Gasteiger partial charge in [-0.05, 0) is 61.9 Å². The van der Waals surface area contributed by atoms with Gasteiger partial charge in [0.2, 0.25) is 11.8 Å². The van der Waals surface area contributed by atoms with E-state index >= 15 is 0 Å². The highest BCUT2D eigenvalue weighted by Crippen LogP contribution is 2.14. The van der Waals surface area contributed by atoms with Crippen LogP contribution in [0.5, 0.6) is 0 Å². The molecule has 0 atom stereocenters. The Balaban J connectivity index is 1.64. The maximum atomic E-state index is 11.9. The highest BCUT2D eigenvalue weighted by molar-refractivity contribution is 5.96. The van der Waals surface area contributed by atoms with Gasteiger partial charge in [0.05, 0.1) is 0 Å². The van der Waals surface area contributed by atoms with Crippen LogP contribution in [0.2, 0.25) is 0 Å². The van der Waals surface area contributed by atoms with Gasteiger partial charge in [-0.3, -0.25) is 24.0 Å². The van der Waals surface area contributed by atoms with Crippen LogP contribution in [-0.2, 0) is 23.9 Å². The second-order valence-corrected chi connectivity index (χ2v) is 7.00. The Kier molecular flexibility index (Phi) is 9.09. The Labute approximate surface area is 185 Å². The standard InChI is InChI=1S/C23H25N3O6/c1-15(27)17-6-8-19(9-7-17)25-21(29)4-3-5-23(31)32-14-22(30)26-20-12-10-18(11-13-20)24-16(2)28/h6-13H,3-5,14H2,1-2H3,(H,24,28)(H,25,29)(H,26,30). The van der Waals surface area contributed by atoms with Gasteiger partial charge >= 0.3 is 5.97 Å². The summed E-state index contributed by atoms with van der Waals surface area (Å²) in [6.45, 7) is 2.41. The van der Waals surface area contributed by atoms with Crippen molar-refractivity contribution in [3.8, 4) is 0 Å². The van der Waals surface area contributed by atoms with Crippen LogP contribution < -0.4 is 16.0 Å². The molecule has 0 saturated carbocycles. The van der Waals surface area contributed by atoms with E-state index in [4.69, 9.17) is 4.74 Å². The van der Waals surface area contributed by atoms with E-state index in [0.29, 0.717) is 22.6 Å². The summed E-state index contributed by atoms with van der Waals surface area (Å²) in [4.78, 5) is 57.9. The van der Waals surface area contributed by atoms with E-state index in [0.717, 1.165) is 0 Å². The molecule has 3 amide bonds. The molecule has 0 radical (unpaired) electrons. The molecule has 0 saturated heterocycles. The number of carbonyl (C=O) groups is 5. The van der Waals surface area contributed by atoms with Crippen molar-refractivity contribution in [1.82, 2.24) is 0 Å². The van der Waals surface area contributed by atoms with Crippen molar-refractivity contribution in [3.05, 3.63) is 54.1 Å². The Morgan fingerprint density at radius 2 is 1.19 bits per heavy atom. The van der Waals surface area contributed by atoms with Gasteiger partial charge in [-0.25, -0.2) is 0 Å². The van der Waals surface area contributed by atoms with Crippen LogP contribution in [0, 0.1) is 0 Å². The molecule has 0 aliphatic rings. The third-order valence-corrected chi connectivity index (χ3v) is 4.21. The van der Waals surface area contributed by atoms with E-state index in [1.165, 1.54) is 13.8 Å². The number of hydrogen-bond donors (Lipinski definition) is 3. The molecule has 32 heavy (non-hydrogen) atoms. The van der Waals surface area contributed by atoms with Crippen LogP contribution in [0.3, 0.4) is 0 Å². The molecule has 168 valence electrons. The van der Waals surface area contributed by atoms with Crippen molar-refractivity contribution in [2.45, 2.75) is 33.1 Å². The molecule has 2 aromatic rings. The molecule has 3 N–H and O–H groups in total. The van der Waals surface area contributed by atoms with Crippen molar-refractivity contribution in [2.75, 3.05) is 22.6 Å². The van der Waals surface area contributed by atoms with Crippen LogP contribution in [-0.4, -0.2) is 36.1 Å². The predicted molar refractivity (Wildman–Crippen MR) is 119 cm³/mol. The fourth-order valence-corrected chi connectivity index (χ4v) is 2.66. The van der Waals surface area contributed by atoms with E-state index in [2.05, 4.69) is 16.0 Å². The topological polar surface area (TPSA) is 131 Å². The van der Waals surface area contributed by atoms with Gasteiger partial charge in [-0.15, -0.1) is 0 Å². The Morgan fingerprint density at radius 1 is 0.688 bits per heavy atom. The molecule has 0 spiro atoms. The van der Waals surface area contributed by atoms with E-state index in [1.54, 1.807) is 48.5 Å². The second kappa shape index (κ2) is 12.0. The summed E-state index contributed by atoms with van der Waals surface area (Å²) in [5, 5.41) is 7.87. The van der Waals surface area contributed by atoms with E-state index < -0.39 is 18.5 Å². The van der Waals surface area contributed by atoms with Crippen LogP contribution >= 0.6 is 0 Å². The number of ether oxygens (including phenoxy) is 1. The lowest BCUT2D eigenvalue weighted by atomic mass is 10.1. The second-order valence-electron chi connectivity index (χ2n) is 7.00. The lowest BCUT2D eigenvalue weighted by Crippen LogP contribution is -2.21. The number of anilines is 3. The third kappa shape index (κ3) is 8.78. The SMILES string of the molecule is CC(=O)Nc1ccc(NC(=O)COC(=O)CCCC(=O)Nc2ccc(C(C)=O)cc2)cc1. The van der Waals surface area contributed by atoms with Crippen molar-refractivity contribution in [1.29, 1.82) is 0 Å². The van der Waals surface area contributed by atoms with Gasteiger partial charge in [-0.2, -0.15) is 0 Å². The average Bonchev–Trinajstić information content (AvgIpc) is 2.73. The molecule has 9 nitrogen and oxygen atoms in total. The van der Waals surface area contributed by atoms with Crippen LogP contribution in [0.4, 0.5) is 17.1 Å². The summed E-state index contributed by atoms with van der Waals surface area (Å²) < 4.78 is 4.92. The smallest absolute Gasteiger partial charge is 0.306 e. The van der Waals surface area contributed by atoms with E-state index in [1.807, 2.05) is 0 Å². The Hall–Kier alpha value is -4.01. The quantitative estimate of drug-likeness (QED) is 0.385. The van der Waals surface area contributed by atoms with Crippen molar-refractivity contribution in [3.63, 3.8) is 0 Å². The highest BCUT2D eigenvalue weighted by Gasteiger charge is 2.10. The maximum Gasteiger partial charge on any atom is 0.306 e. The summed E-state index contributed by atoms with van der Waals surface area (Å²) in [5.74, 6) is -1.62. The fourth-order valence-electron chi connectivity index (χ4n) is 2.66. The normalized spacial score (nSPS) is 10.1. The minimum atomic E-state index is -0.584. The largest absolute Gasteiger partial charge is 0.456 e. The van der Waals surface area contributed by atoms with E-state index in [-0.39, 0.29) is 36.9 Å². The number of amides is 3. The van der Waals surface area contributed by atoms with E-state index in [9.17, 15) is 24.0 Å². The van der Waals surface area contributed by atoms with Gasteiger partial charge in [0, 0.05) is 42.4 Å². The highest BCUT2D eigenvalue weighted by atomic mass is 16.5. The van der Waals surface area contributed by atoms with Gasteiger partial charge in [0.1, 0.15) is 0 Å². The average molecular weight is 439 g/mol. The number of ketones is 1. The molecule has 0 aliphatic carbocycles. The number of benzene rings is 2. The lowest BCUT2D eigenvalue weighted by Gasteiger charge is -2.08. The Morgan fingerprint density at radius 3 is 1.72 bits per heavy atom. The molecular weight excluding hydrogens is 414 g/mol. The first-order valence-electron chi connectivity index (χ1n) is 9.97. The molecule has 2 aromatic carbocycles. The molecule has 0 bridgehead atoms. The number of hydrogen-bond acceptors (Lipinski definition) is 6. The summed E-state index contributed by atoms with van der Waals surface area (Å²) in [7, 11) is 0. The number of esters is 1. The van der Waals surface area contributed by atoms with Crippen LogP contribution in [0.1, 0.15) is 43.5 Å². The van der Waals surface area contributed by atoms with Crippen molar-refractivity contribution >= 4 is 46.5 Å². The van der Waals surface area contributed by atoms with Crippen molar-refractivity contribution < 1.29 is 28.7 Å². The molecule has 0 heterocycles.